The van der Waals surface area contributed by atoms with Crippen LogP contribution in [0.2, 0.25) is 10.0 Å². The van der Waals surface area contributed by atoms with Gasteiger partial charge in [-0.1, -0.05) is 84.2 Å². The Labute approximate surface area is 213 Å². The molecule has 4 rings (SSSR count). The van der Waals surface area contributed by atoms with Crippen LogP contribution in [0.15, 0.2) is 78.9 Å². The van der Waals surface area contributed by atoms with Crippen molar-refractivity contribution in [2.75, 3.05) is 6.54 Å². The third-order valence-electron chi connectivity index (χ3n) is 6.83. The van der Waals surface area contributed by atoms with E-state index in [0.29, 0.717) is 11.6 Å². The first kappa shape index (κ1) is 24.8. The maximum absolute atomic E-state index is 13.9. The largest absolute Gasteiger partial charge is 0.334 e. The second kappa shape index (κ2) is 11.9. The fraction of sp³-hybridized carbons (Fsp3) is 0.345. The van der Waals surface area contributed by atoms with Crippen LogP contribution in [-0.4, -0.2) is 29.4 Å². The fourth-order valence-electron chi connectivity index (χ4n) is 4.83. The van der Waals surface area contributed by atoms with E-state index in [2.05, 4.69) is 53.5 Å². The van der Waals surface area contributed by atoms with Gasteiger partial charge in [-0.05, 0) is 73.7 Å². The van der Waals surface area contributed by atoms with Gasteiger partial charge in [-0.2, -0.15) is 0 Å². The molecule has 0 aromatic heterocycles. The molecule has 0 spiro atoms. The first-order chi connectivity index (χ1) is 16.5. The molecule has 0 radical (unpaired) electrons. The van der Waals surface area contributed by atoms with E-state index in [1.165, 1.54) is 11.1 Å². The Morgan fingerprint density at radius 2 is 1.56 bits per heavy atom. The van der Waals surface area contributed by atoms with E-state index in [0.717, 1.165) is 42.8 Å². The lowest BCUT2D eigenvalue weighted by Crippen LogP contribution is -2.52. The molecule has 1 aliphatic rings. The molecule has 0 aliphatic carbocycles. The molecule has 0 bridgehead atoms. The van der Waals surface area contributed by atoms with Crippen LogP contribution >= 0.6 is 23.2 Å². The number of carbonyl (C=O) groups excluding carboxylic acids is 1. The number of nitrogens with zero attached hydrogens (tertiary/aromatic N) is 1. The Balaban J connectivity index is 1.68. The van der Waals surface area contributed by atoms with Crippen molar-refractivity contribution in [2.45, 2.75) is 57.2 Å². The Hall–Kier alpha value is -2.33. The molecule has 1 N–H and O–H groups in total. The van der Waals surface area contributed by atoms with Crippen molar-refractivity contribution in [1.29, 1.82) is 0 Å². The predicted molar refractivity (Wildman–Crippen MR) is 141 cm³/mol. The van der Waals surface area contributed by atoms with E-state index in [-0.39, 0.29) is 23.9 Å². The first-order valence-corrected chi connectivity index (χ1v) is 12.8. The molecule has 3 aromatic rings. The number of rotatable bonds is 8. The van der Waals surface area contributed by atoms with Gasteiger partial charge < -0.3 is 10.2 Å². The number of amides is 1. The summed E-state index contributed by atoms with van der Waals surface area (Å²) in [6, 6.07) is 26.2. The van der Waals surface area contributed by atoms with E-state index in [4.69, 9.17) is 23.2 Å². The first-order valence-electron chi connectivity index (χ1n) is 12.1. The summed E-state index contributed by atoms with van der Waals surface area (Å²) in [6.07, 6.45) is 3.90. The van der Waals surface area contributed by atoms with Crippen molar-refractivity contribution in [1.82, 2.24) is 10.2 Å². The van der Waals surface area contributed by atoms with Crippen LogP contribution in [0.1, 0.15) is 48.8 Å². The minimum atomic E-state index is -0.124. The van der Waals surface area contributed by atoms with E-state index in [9.17, 15) is 4.79 Å². The topological polar surface area (TPSA) is 32.3 Å². The lowest BCUT2D eigenvalue weighted by Gasteiger charge is -2.38. The second-order valence-electron chi connectivity index (χ2n) is 9.18. The van der Waals surface area contributed by atoms with Crippen molar-refractivity contribution >= 4 is 29.1 Å². The third-order valence-corrected chi connectivity index (χ3v) is 7.33. The molecule has 5 heteroatoms. The monoisotopic (exact) mass is 494 g/mol. The van der Waals surface area contributed by atoms with Crippen LogP contribution in [-0.2, 0) is 17.8 Å². The van der Waals surface area contributed by atoms with Gasteiger partial charge in [0.1, 0.15) is 0 Å². The highest BCUT2D eigenvalue weighted by Gasteiger charge is 2.33. The number of piperidine rings is 1. The number of hydrogen-bond acceptors (Lipinski definition) is 2. The highest BCUT2D eigenvalue weighted by molar-refractivity contribution is 6.30. The molecule has 3 nitrogen and oxygen atoms in total. The summed E-state index contributed by atoms with van der Waals surface area (Å²) in [5, 5.41) is 4.90. The van der Waals surface area contributed by atoms with Gasteiger partial charge in [-0.3, -0.25) is 4.79 Å². The van der Waals surface area contributed by atoms with E-state index < -0.39 is 0 Å². The fourth-order valence-corrected chi connectivity index (χ4v) is 5.09. The van der Waals surface area contributed by atoms with Crippen molar-refractivity contribution < 1.29 is 4.79 Å². The van der Waals surface area contributed by atoms with Crippen LogP contribution in [0.5, 0.6) is 0 Å². The minimum absolute atomic E-state index is 0.0201. The van der Waals surface area contributed by atoms with Crippen LogP contribution in [0.4, 0.5) is 0 Å². The summed E-state index contributed by atoms with van der Waals surface area (Å²) in [4.78, 5) is 15.9. The number of carbonyl (C=O) groups is 1. The Morgan fingerprint density at radius 1 is 0.912 bits per heavy atom. The Bertz CT molecular complexity index is 1050. The third kappa shape index (κ3) is 6.41. The second-order valence-corrected chi connectivity index (χ2v) is 10.1. The lowest BCUT2D eigenvalue weighted by atomic mass is 9.85. The zero-order chi connectivity index (χ0) is 23.9. The van der Waals surface area contributed by atoms with Crippen molar-refractivity contribution in [2.24, 2.45) is 0 Å². The maximum atomic E-state index is 13.9. The molecule has 1 saturated heterocycles. The van der Waals surface area contributed by atoms with E-state index in [1.807, 2.05) is 42.5 Å². The summed E-state index contributed by atoms with van der Waals surface area (Å²) >= 11 is 12.3. The van der Waals surface area contributed by atoms with Crippen LogP contribution in [0.25, 0.3) is 0 Å². The SMILES string of the molecule is CC(C(Cc1ccc(Cl)cc1)c1ccc(Cl)cc1)N(Cc1ccccc1)C(=O)C1CCCCN1. The van der Waals surface area contributed by atoms with Crippen LogP contribution in [0, 0.1) is 0 Å². The summed E-state index contributed by atoms with van der Waals surface area (Å²) < 4.78 is 0. The maximum Gasteiger partial charge on any atom is 0.240 e. The van der Waals surface area contributed by atoms with Crippen molar-refractivity contribution in [3.05, 3.63) is 106 Å². The summed E-state index contributed by atoms with van der Waals surface area (Å²) in [7, 11) is 0. The number of halogens is 2. The number of nitrogens with one attached hydrogen (secondary N) is 1. The highest BCUT2D eigenvalue weighted by Crippen LogP contribution is 2.31. The van der Waals surface area contributed by atoms with Gasteiger partial charge in [0.25, 0.3) is 0 Å². The molecule has 1 heterocycles. The van der Waals surface area contributed by atoms with Gasteiger partial charge in [0.15, 0.2) is 0 Å². The quantitative estimate of drug-likeness (QED) is 0.370. The van der Waals surface area contributed by atoms with Gasteiger partial charge in [0.2, 0.25) is 5.91 Å². The average molecular weight is 495 g/mol. The molecule has 178 valence electrons. The van der Waals surface area contributed by atoms with Gasteiger partial charge in [0.05, 0.1) is 6.04 Å². The molecule has 1 fully saturated rings. The van der Waals surface area contributed by atoms with Gasteiger partial charge in [-0.25, -0.2) is 0 Å². The standard InChI is InChI=1S/C29H32Cl2N2O/c1-21(27(24-12-16-26(31)17-13-24)19-22-10-14-25(30)15-11-22)33(20-23-7-3-2-4-8-23)29(34)28-9-5-6-18-32-28/h2-4,7-8,10-17,21,27-28,32H,5-6,9,18-20H2,1H3. The Morgan fingerprint density at radius 3 is 2.18 bits per heavy atom. The zero-order valence-corrected chi connectivity index (χ0v) is 21.1. The average Bonchev–Trinajstić information content (AvgIpc) is 2.88. The molecule has 3 aromatic carbocycles. The van der Waals surface area contributed by atoms with Gasteiger partial charge in [0, 0.05) is 28.5 Å². The van der Waals surface area contributed by atoms with E-state index in [1.54, 1.807) is 0 Å². The summed E-state index contributed by atoms with van der Waals surface area (Å²) in [5.41, 5.74) is 3.51. The summed E-state index contributed by atoms with van der Waals surface area (Å²) in [5.74, 6) is 0.292. The highest BCUT2D eigenvalue weighted by atomic mass is 35.5. The molecule has 3 atom stereocenters. The number of hydrogen-bond donors (Lipinski definition) is 1. The minimum Gasteiger partial charge on any atom is -0.334 e. The number of benzene rings is 3. The lowest BCUT2D eigenvalue weighted by molar-refractivity contribution is -0.137. The zero-order valence-electron chi connectivity index (χ0n) is 19.6. The summed E-state index contributed by atoms with van der Waals surface area (Å²) in [6.45, 7) is 3.66. The van der Waals surface area contributed by atoms with Gasteiger partial charge >= 0.3 is 0 Å². The molecule has 1 amide bonds. The normalized spacial score (nSPS) is 17.7. The predicted octanol–water partition coefficient (Wildman–Crippen LogP) is 6.88. The molecule has 0 saturated carbocycles. The molecule has 34 heavy (non-hydrogen) atoms. The van der Waals surface area contributed by atoms with Crippen LogP contribution < -0.4 is 5.32 Å². The van der Waals surface area contributed by atoms with Crippen LogP contribution in [0.3, 0.4) is 0 Å². The van der Waals surface area contributed by atoms with Crippen molar-refractivity contribution in [3.8, 4) is 0 Å². The molecule has 1 aliphatic heterocycles. The smallest absolute Gasteiger partial charge is 0.240 e. The molecular formula is C29H32Cl2N2O. The van der Waals surface area contributed by atoms with E-state index >= 15 is 0 Å². The molecule has 3 unspecified atom stereocenters. The van der Waals surface area contributed by atoms with Crippen molar-refractivity contribution in [3.63, 3.8) is 0 Å². The molecular weight excluding hydrogens is 463 g/mol. The van der Waals surface area contributed by atoms with Gasteiger partial charge in [-0.15, -0.1) is 0 Å². The Kier molecular flexibility index (Phi) is 8.66.